The fourth-order valence-electron chi connectivity index (χ4n) is 1.25. The van der Waals surface area contributed by atoms with Crippen LogP contribution in [-0.2, 0) is 0 Å². The molecule has 0 bridgehead atoms. The molecule has 0 saturated carbocycles. The van der Waals surface area contributed by atoms with Crippen molar-refractivity contribution in [2.45, 2.75) is 19.8 Å². The maximum atomic E-state index is 8.62. The van der Waals surface area contributed by atoms with Crippen molar-refractivity contribution >= 4 is 23.8 Å². The molecule has 1 aromatic rings. The molecular weight excluding hydrogens is 212 g/mol. The van der Waals surface area contributed by atoms with Crippen molar-refractivity contribution in [3.05, 3.63) is 28.9 Å². The molecule has 1 heterocycles. The second-order valence-corrected chi connectivity index (χ2v) is 3.74. The van der Waals surface area contributed by atoms with E-state index in [4.69, 9.17) is 10.3 Å². The first-order valence-electron chi connectivity index (χ1n) is 4.38. The van der Waals surface area contributed by atoms with Crippen molar-refractivity contribution in [2.75, 3.05) is 5.73 Å². The molecule has 0 aliphatic carbocycles. The van der Waals surface area contributed by atoms with Gasteiger partial charge in [0, 0.05) is 30.9 Å². The second-order valence-electron chi connectivity index (χ2n) is 3.26. The molecule has 0 aromatic carbocycles. The summed E-state index contributed by atoms with van der Waals surface area (Å²) >= 11 is 0.662. The number of pyridine rings is 1. The number of hydrogen-bond acceptors (Lipinski definition) is 4. The van der Waals surface area contributed by atoms with Crippen LogP contribution in [0.2, 0.25) is 0 Å². The number of anilines is 1. The molecule has 0 radical (unpaired) electrons. The number of nitrogens with zero attached hydrogens (tertiary/aromatic N) is 1. The molecular formula is C10H18N2O2S. The smallest absolute Gasteiger partial charge is 0.0522 e. The lowest BCUT2D eigenvalue weighted by Crippen LogP contribution is -2.00. The van der Waals surface area contributed by atoms with Gasteiger partial charge in [0.1, 0.15) is 0 Å². The van der Waals surface area contributed by atoms with Gasteiger partial charge in [0.05, 0.1) is 5.69 Å². The monoisotopic (exact) mass is 230 g/mol. The molecule has 1 aromatic heterocycles. The first-order valence-corrected chi connectivity index (χ1v) is 5.21. The van der Waals surface area contributed by atoms with Crippen LogP contribution in [0.25, 0.3) is 6.08 Å². The van der Waals surface area contributed by atoms with Crippen LogP contribution in [0.5, 0.6) is 0 Å². The first kappa shape index (κ1) is 14.0. The lowest BCUT2D eigenvalue weighted by molar-refractivity contribution is 0.671. The summed E-state index contributed by atoms with van der Waals surface area (Å²) in [5, 5.41) is 1.58. The van der Waals surface area contributed by atoms with Gasteiger partial charge in [0.15, 0.2) is 0 Å². The topological polar surface area (TPSA) is 90.6 Å². The summed E-state index contributed by atoms with van der Waals surface area (Å²) in [4.78, 5) is 4.27. The van der Waals surface area contributed by atoms with Crippen LogP contribution in [0.3, 0.4) is 0 Å². The molecule has 1 rings (SSSR count). The third-order valence-electron chi connectivity index (χ3n) is 1.90. The van der Waals surface area contributed by atoms with Gasteiger partial charge in [-0.05, 0) is 23.5 Å². The van der Waals surface area contributed by atoms with Crippen LogP contribution in [0.15, 0.2) is 17.7 Å². The molecule has 0 saturated heterocycles. The summed E-state index contributed by atoms with van der Waals surface area (Å²) in [5.74, 6) is 0.321. The average molecular weight is 230 g/mol. The Kier molecular flexibility index (Phi) is 6.00. The van der Waals surface area contributed by atoms with Crippen molar-refractivity contribution in [1.82, 2.24) is 4.98 Å². The Morgan fingerprint density at radius 3 is 2.80 bits per heavy atom. The zero-order valence-electron chi connectivity index (χ0n) is 8.77. The predicted octanol–water partition coefficient (Wildman–Crippen LogP) is 2.39. The molecule has 0 aliphatic heterocycles. The molecule has 0 fully saturated rings. The van der Waals surface area contributed by atoms with Crippen LogP contribution in [0, 0.1) is 0 Å². The molecule has 0 unspecified atom stereocenters. The number of rotatable bonds is 3. The quantitative estimate of drug-likeness (QED) is 0.780. The normalized spacial score (nSPS) is 10.7. The van der Waals surface area contributed by atoms with Crippen molar-refractivity contribution < 1.29 is 11.5 Å². The third kappa shape index (κ3) is 3.54. The Morgan fingerprint density at radius 1 is 1.60 bits per heavy atom. The molecule has 0 aliphatic rings. The standard InChI is InChI=1S/C10H14N2OS.H2O.H2/c1-7(2)10-8(4-6-14-13)9(11)3-5-12-10;;/h3-7,13H,1-2H3,(H2,11,12);1H2;1H/b6-4-;;. The molecule has 4 nitrogen and oxygen atoms in total. The Labute approximate surface area is 95.2 Å². The van der Waals surface area contributed by atoms with Crippen molar-refractivity contribution in [1.29, 1.82) is 0 Å². The summed E-state index contributed by atoms with van der Waals surface area (Å²) in [7, 11) is 0. The van der Waals surface area contributed by atoms with Crippen LogP contribution in [-0.4, -0.2) is 15.0 Å². The molecule has 5 N–H and O–H groups in total. The highest BCUT2D eigenvalue weighted by molar-refractivity contribution is 7.96. The van der Waals surface area contributed by atoms with E-state index in [0.29, 0.717) is 23.6 Å². The SMILES string of the molecule is CC(C)c1nccc(N)c1/C=C\SO.O.[HH]. The van der Waals surface area contributed by atoms with E-state index < -0.39 is 0 Å². The number of aromatic nitrogens is 1. The van der Waals surface area contributed by atoms with Crippen molar-refractivity contribution in [2.24, 2.45) is 0 Å². The summed E-state index contributed by atoms with van der Waals surface area (Å²) in [6.45, 7) is 4.12. The fraction of sp³-hybridized carbons (Fsp3) is 0.300. The van der Waals surface area contributed by atoms with E-state index in [-0.39, 0.29) is 6.90 Å². The molecule has 5 heteroatoms. The van der Waals surface area contributed by atoms with E-state index in [1.807, 2.05) is 0 Å². The average Bonchev–Trinajstić information content (AvgIpc) is 2.15. The minimum Gasteiger partial charge on any atom is -0.412 e. The predicted molar refractivity (Wildman–Crippen MR) is 67.7 cm³/mol. The third-order valence-corrected chi connectivity index (χ3v) is 2.15. The lowest BCUT2D eigenvalue weighted by Gasteiger charge is -2.10. The Hall–Kier alpha value is -1.04. The van der Waals surface area contributed by atoms with E-state index in [2.05, 4.69) is 18.8 Å². The molecule has 0 spiro atoms. The highest BCUT2D eigenvalue weighted by atomic mass is 32.2. The number of nitrogens with two attached hydrogens (primary N) is 1. The van der Waals surface area contributed by atoms with Gasteiger partial charge < -0.3 is 15.8 Å². The molecule has 0 amide bonds. The van der Waals surface area contributed by atoms with Gasteiger partial charge in [-0.1, -0.05) is 13.8 Å². The highest BCUT2D eigenvalue weighted by Crippen LogP contribution is 2.23. The van der Waals surface area contributed by atoms with E-state index in [1.54, 1.807) is 23.7 Å². The van der Waals surface area contributed by atoms with Gasteiger partial charge in [-0.25, -0.2) is 0 Å². The summed E-state index contributed by atoms with van der Waals surface area (Å²) in [6, 6.07) is 1.76. The zero-order chi connectivity index (χ0) is 10.6. The Morgan fingerprint density at radius 2 is 2.27 bits per heavy atom. The second kappa shape index (κ2) is 6.44. The first-order chi connectivity index (χ1) is 6.66. The van der Waals surface area contributed by atoms with E-state index in [0.717, 1.165) is 11.3 Å². The van der Waals surface area contributed by atoms with E-state index in [1.165, 1.54) is 0 Å². The van der Waals surface area contributed by atoms with Crippen molar-refractivity contribution in [3.63, 3.8) is 0 Å². The Bertz CT molecular complexity index is 346. The lowest BCUT2D eigenvalue weighted by atomic mass is 10.0. The fourth-order valence-corrected chi connectivity index (χ4v) is 1.44. The van der Waals surface area contributed by atoms with Crippen molar-refractivity contribution in [3.8, 4) is 0 Å². The Balaban J connectivity index is 0. The minimum absolute atomic E-state index is 0. The van der Waals surface area contributed by atoms with Gasteiger partial charge in [-0.2, -0.15) is 0 Å². The van der Waals surface area contributed by atoms with Crippen LogP contribution in [0.4, 0.5) is 5.69 Å². The summed E-state index contributed by atoms with van der Waals surface area (Å²) < 4.78 is 8.62. The van der Waals surface area contributed by atoms with E-state index >= 15 is 0 Å². The van der Waals surface area contributed by atoms with Crippen LogP contribution < -0.4 is 5.73 Å². The van der Waals surface area contributed by atoms with Gasteiger partial charge in [0.2, 0.25) is 0 Å². The van der Waals surface area contributed by atoms with Crippen LogP contribution >= 0.6 is 12.0 Å². The maximum Gasteiger partial charge on any atom is 0.0522 e. The molecule has 0 atom stereocenters. The van der Waals surface area contributed by atoms with Gasteiger partial charge in [0.25, 0.3) is 0 Å². The number of nitrogen functional groups attached to an aromatic ring is 1. The summed E-state index contributed by atoms with van der Waals surface area (Å²) in [6.07, 6.45) is 3.48. The largest absolute Gasteiger partial charge is 0.412 e. The number of hydrogen-bond donors (Lipinski definition) is 2. The molecule has 15 heavy (non-hydrogen) atoms. The van der Waals surface area contributed by atoms with Gasteiger partial charge in [-0.15, -0.1) is 0 Å². The van der Waals surface area contributed by atoms with E-state index in [9.17, 15) is 0 Å². The van der Waals surface area contributed by atoms with Gasteiger partial charge in [-0.3, -0.25) is 4.98 Å². The van der Waals surface area contributed by atoms with Gasteiger partial charge >= 0.3 is 0 Å². The highest BCUT2D eigenvalue weighted by Gasteiger charge is 2.08. The summed E-state index contributed by atoms with van der Waals surface area (Å²) in [5.41, 5.74) is 8.35. The molecule has 86 valence electrons. The maximum absolute atomic E-state index is 8.62. The van der Waals surface area contributed by atoms with Crippen LogP contribution in [0.1, 0.15) is 32.4 Å². The zero-order valence-corrected chi connectivity index (χ0v) is 9.58. The minimum atomic E-state index is 0.